The second-order valence-electron chi connectivity index (χ2n) is 10.3. The molecule has 0 heterocycles. The fourth-order valence-corrected chi connectivity index (χ4v) is 6.37. The van der Waals surface area contributed by atoms with Crippen LogP contribution in [0.25, 0.3) is 0 Å². The number of esters is 1. The van der Waals surface area contributed by atoms with Crippen LogP contribution in [-0.2, 0) is 9.53 Å². The lowest BCUT2D eigenvalue weighted by molar-refractivity contribution is -0.142. The molecule has 5 heteroatoms. The monoisotopic (exact) mass is 444 g/mol. The van der Waals surface area contributed by atoms with E-state index in [1.807, 2.05) is 0 Å². The molecule has 0 radical (unpaired) electrons. The summed E-state index contributed by atoms with van der Waals surface area (Å²) in [7, 11) is 1.33. The molecule has 0 amide bonds. The highest BCUT2D eigenvalue weighted by Crippen LogP contribution is 2.59. The molecule has 3 rings (SSSR count). The second kappa shape index (κ2) is 10.5. The maximum absolute atomic E-state index is 11.4. The van der Waals surface area contributed by atoms with Crippen LogP contribution in [0.15, 0.2) is 47.6 Å². The van der Waals surface area contributed by atoms with Gasteiger partial charge in [-0.1, -0.05) is 50.3 Å². The van der Waals surface area contributed by atoms with Crippen LogP contribution in [0.3, 0.4) is 0 Å². The summed E-state index contributed by atoms with van der Waals surface area (Å²) in [6.07, 6.45) is 12.8. The minimum absolute atomic E-state index is 0.0134. The van der Waals surface area contributed by atoms with Crippen molar-refractivity contribution in [1.82, 2.24) is 0 Å². The molecular formula is C27H40O5. The number of carbonyl (C=O) groups excluding carboxylic acids is 1. The standard InChI is InChI=1S/C27H40O5/c1-17(7-10-21(28)16-26(31)32-4)23-11-12-24-19(6-5-13-27(23,24)3)8-9-20-14-22(29)15-25(30)18(20)2/h7-10,17,21-25,28-30H,2,5-6,11-16H2,1,3-4H3/b10-7+,19-8+,20-9-/t17-,21-,22-,23-,24+,25+,27-/m1/s1. The first-order valence-corrected chi connectivity index (χ1v) is 12.0. The Balaban J connectivity index is 1.72. The smallest absolute Gasteiger partial charge is 0.308 e. The number of methoxy groups -OCH3 is 1. The van der Waals surface area contributed by atoms with Crippen LogP contribution >= 0.6 is 0 Å². The summed E-state index contributed by atoms with van der Waals surface area (Å²) >= 11 is 0. The van der Waals surface area contributed by atoms with Crippen molar-refractivity contribution in [3.8, 4) is 0 Å². The number of ether oxygens (including phenoxy) is 1. The van der Waals surface area contributed by atoms with Crippen molar-refractivity contribution in [2.24, 2.45) is 23.2 Å². The predicted octanol–water partition coefficient (Wildman–Crippen LogP) is 4.24. The predicted molar refractivity (Wildman–Crippen MR) is 126 cm³/mol. The van der Waals surface area contributed by atoms with Gasteiger partial charge < -0.3 is 20.1 Å². The van der Waals surface area contributed by atoms with E-state index in [9.17, 15) is 20.1 Å². The molecule has 0 spiro atoms. The molecular weight excluding hydrogens is 404 g/mol. The topological polar surface area (TPSA) is 87.0 Å². The summed E-state index contributed by atoms with van der Waals surface area (Å²) in [5.74, 6) is 0.970. The first-order chi connectivity index (χ1) is 15.2. The zero-order valence-electron chi connectivity index (χ0n) is 19.8. The first kappa shape index (κ1) is 24.9. The zero-order chi connectivity index (χ0) is 23.5. The molecule has 0 unspecified atom stereocenters. The van der Waals surface area contributed by atoms with Gasteiger partial charge in [-0.25, -0.2) is 0 Å². The average Bonchev–Trinajstić information content (AvgIpc) is 3.11. The van der Waals surface area contributed by atoms with E-state index in [1.54, 1.807) is 6.08 Å². The molecule has 3 N–H and O–H groups in total. The van der Waals surface area contributed by atoms with Crippen molar-refractivity contribution >= 4 is 5.97 Å². The van der Waals surface area contributed by atoms with Gasteiger partial charge in [-0.3, -0.25) is 4.79 Å². The summed E-state index contributed by atoms with van der Waals surface area (Å²) < 4.78 is 4.63. The number of hydrogen-bond donors (Lipinski definition) is 3. The van der Waals surface area contributed by atoms with Crippen LogP contribution < -0.4 is 0 Å². The number of allylic oxidation sites excluding steroid dienone is 4. The normalized spacial score (nSPS) is 37.6. The van der Waals surface area contributed by atoms with Crippen molar-refractivity contribution < 1.29 is 24.9 Å². The molecule has 0 aromatic rings. The highest BCUT2D eigenvalue weighted by atomic mass is 16.5. The van der Waals surface area contributed by atoms with Crippen LogP contribution in [-0.4, -0.2) is 46.7 Å². The molecule has 3 saturated carbocycles. The third-order valence-corrected chi connectivity index (χ3v) is 8.18. The molecule has 3 fully saturated rings. The number of carbonyl (C=O) groups is 1. The molecule has 0 saturated heterocycles. The lowest BCUT2D eigenvalue weighted by Gasteiger charge is -2.44. The number of hydrogen-bond acceptors (Lipinski definition) is 5. The van der Waals surface area contributed by atoms with E-state index in [2.05, 4.69) is 43.4 Å². The summed E-state index contributed by atoms with van der Waals surface area (Å²) in [5.41, 5.74) is 3.38. The fraction of sp³-hybridized carbons (Fsp3) is 0.667. The Morgan fingerprint density at radius 2 is 2.03 bits per heavy atom. The number of fused-ring (bicyclic) bond motifs is 1. The molecule has 0 aromatic carbocycles. The first-order valence-electron chi connectivity index (χ1n) is 12.0. The van der Waals surface area contributed by atoms with Crippen molar-refractivity contribution in [2.75, 3.05) is 7.11 Å². The molecule has 5 nitrogen and oxygen atoms in total. The highest BCUT2D eigenvalue weighted by Gasteiger charge is 2.50. The maximum Gasteiger partial charge on any atom is 0.308 e. The van der Waals surface area contributed by atoms with Gasteiger partial charge in [-0.2, -0.15) is 0 Å². The Bertz CT molecular complexity index is 794. The van der Waals surface area contributed by atoms with Crippen molar-refractivity contribution in [1.29, 1.82) is 0 Å². The summed E-state index contributed by atoms with van der Waals surface area (Å²) in [5, 5.41) is 30.2. The van der Waals surface area contributed by atoms with Crippen LogP contribution in [0.4, 0.5) is 0 Å². The van der Waals surface area contributed by atoms with E-state index in [0.717, 1.165) is 36.8 Å². The van der Waals surface area contributed by atoms with Crippen LogP contribution in [0.2, 0.25) is 0 Å². The molecule has 32 heavy (non-hydrogen) atoms. The molecule has 3 aliphatic rings. The third-order valence-electron chi connectivity index (χ3n) is 8.18. The average molecular weight is 445 g/mol. The minimum atomic E-state index is -0.808. The van der Waals surface area contributed by atoms with E-state index in [0.29, 0.717) is 30.6 Å². The van der Waals surface area contributed by atoms with Gasteiger partial charge in [0.2, 0.25) is 0 Å². The van der Waals surface area contributed by atoms with E-state index in [-0.39, 0.29) is 11.8 Å². The van der Waals surface area contributed by atoms with Crippen LogP contribution in [0.1, 0.15) is 65.2 Å². The third kappa shape index (κ3) is 5.44. The maximum atomic E-state index is 11.4. The number of aliphatic hydroxyl groups is 3. The van der Waals surface area contributed by atoms with Gasteiger partial charge in [0, 0.05) is 6.42 Å². The Morgan fingerprint density at radius 3 is 2.75 bits per heavy atom. The molecule has 0 bridgehead atoms. The zero-order valence-corrected chi connectivity index (χ0v) is 19.8. The van der Waals surface area contributed by atoms with Gasteiger partial charge in [0.15, 0.2) is 0 Å². The summed E-state index contributed by atoms with van der Waals surface area (Å²) in [4.78, 5) is 11.4. The number of aliphatic hydroxyl groups excluding tert-OH is 3. The Hall–Kier alpha value is -1.69. The molecule has 7 atom stereocenters. The Morgan fingerprint density at radius 1 is 1.28 bits per heavy atom. The molecule has 0 aliphatic heterocycles. The molecule has 0 aromatic heterocycles. The second-order valence-corrected chi connectivity index (χ2v) is 10.3. The van der Waals surface area contributed by atoms with Crippen molar-refractivity contribution in [3.05, 3.63) is 47.6 Å². The van der Waals surface area contributed by atoms with Crippen LogP contribution in [0.5, 0.6) is 0 Å². The van der Waals surface area contributed by atoms with Gasteiger partial charge in [-0.05, 0) is 72.8 Å². The van der Waals surface area contributed by atoms with Gasteiger partial charge in [0.05, 0.1) is 31.8 Å². The number of rotatable bonds is 6. The van der Waals surface area contributed by atoms with E-state index >= 15 is 0 Å². The molecule has 3 aliphatic carbocycles. The van der Waals surface area contributed by atoms with E-state index in [4.69, 9.17) is 0 Å². The largest absolute Gasteiger partial charge is 0.469 e. The highest BCUT2D eigenvalue weighted by molar-refractivity contribution is 5.70. The van der Waals surface area contributed by atoms with E-state index < -0.39 is 24.3 Å². The molecule has 178 valence electrons. The van der Waals surface area contributed by atoms with Crippen LogP contribution in [0, 0.1) is 23.2 Å². The SMILES string of the molecule is C=C1/C(=C\C=C2/CCC[C@]3(C)[C@@H]([C@H](C)/C=C/[C@@H](O)CC(=O)OC)CC[C@@H]23)C[C@@H](O)C[C@@H]1O. The summed E-state index contributed by atoms with van der Waals surface area (Å²) in [6.45, 7) is 8.66. The quantitative estimate of drug-likeness (QED) is 0.421. The van der Waals surface area contributed by atoms with E-state index in [1.165, 1.54) is 19.1 Å². The van der Waals surface area contributed by atoms with Gasteiger partial charge >= 0.3 is 5.97 Å². The lowest BCUT2D eigenvalue weighted by Crippen LogP contribution is -2.35. The fourth-order valence-electron chi connectivity index (χ4n) is 6.37. The van der Waals surface area contributed by atoms with Crippen molar-refractivity contribution in [3.63, 3.8) is 0 Å². The summed E-state index contributed by atoms with van der Waals surface area (Å²) in [6, 6.07) is 0. The van der Waals surface area contributed by atoms with Crippen molar-refractivity contribution in [2.45, 2.75) is 83.5 Å². The van der Waals surface area contributed by atoms with Gasteiger partial charge in [0.1, 0.15) is 0 Å². The van der Waals surface area contributed by atoms with Gasteiger partial charge in [0.25, 0.3) is 0 Å². The Labute approximate surface area is 192 Å². The lowest BCUT2D eigenvalue weighted by atomic mass is 9.61. The van der Waals surface area contributed by atoms with Gasteiger partial charge in [-0.15, -0.1) is 0 Å². The minimum Gasteiger partial charge on any atom is -0.469 e. The Kier molecular flexibility index (Phi) is 8.18.